The summed E-state index contributed by atoms with van der Waals surface area (Å²) in [4.78, 5) is 25.0. The zero-order valence-electron chi connectivity index (χ0n) is 15.7. The van der Waals surface area contributed by atoms with E-state index in [4.69, 9.17) is 4.74 Å². The second-order valence-electron chi connectivity index (χ2n) is 7.55. The summed E-state index contributed by atoms with van der Waals surface area (Å²) < 4.78 is 31.9. The molecular formula is C20H22F2N4O2. The van der Waals surface area contributed by atoms with E-state index in [2.05, 4.69) is 14.9 Å². The first-order valence-electron chi connectivity index (χ1n) is 9.31. The molecule has 2 aliphatic rings. The van der Waals surface area contributed by atoms with Gasteiger partial charge in [-0.25, -0.2) is 18.7 Å². The number of hydrogen-bond acceptors (Lipinski definition) is 5. The van der Waals surface area contributed by atoms with Crippen molar-refractivity contribution in [1.29, 1.82) is 0 Å². The highest BCUT2D eigenvalue weighted by atomic mass is 19.2. The zero-order chi connectivity index (χ0) is 19.7. The Morgan fingerprint density at radius 2 is 1.89 bits per heavy atom. The van der Waals surface area contributed by atoms with Crippen molar-refractivity contribution < 1.29 is 18.3 Å². The summed E-state index contributed by atoms with van der Waals surface area (Å²) in [6.45, 7) is 2.47. The van der Waals surface area contributed by atoms with Crippen molar-refractivity contribution in [3.63, 3.8) is 0 Å². The van der Waals surface area contributed by atoms with E-state index in [9.17, 15) is 13.6 Å². The molecule has 1 spiro atoms. The number of carbonyl (C=O) groups excluding carboxylic acids is 1. The number of anilines is 1. The molecule has 2 aromatic rings. The monoisotopic (exact) mass is 388 g/mol. The third kappa shape index (κ3) is 3.50. The first kappa shape index (κ1) is 18.6. The van der Waals surface area contributed by atoms with Crippen LogP contribution in [-0.2, 0) is 11.3 Å². The minimum Gasteiger partial charge on any atom is -0.478 e. The standard InChI is InChI=1S/C20H22F2N4O2/c1-28-19-18(23-6-7-24-19)25-8-4-20(5-9-25)11-17(27)26(13-20)12-14-2-3-15(21)16(22)10-14/h2-3,6-7,10H,4-5,8-9,11-13H2,1H3. The Labute approximate surface area is 162 Å². The van der Waals surface area contributed by atoms with Crippen LogP contribution in [0, 0.1) is 17.0 Å². The van der Waals surface area contributed by atoms with Gasteiger partial charge in [-0.05, 0) is 30.5 Å². The maximum Gasteiger partial charge on any atom is 0.257 e. The number of methoxy groups -OCH3 is 1. The maximum absolute atomic E-state index is 13.5. The van der Waals surface area contributed by atoms with Crippen molar-refractivity contribution in [3.05, 3.63) is 47.8 Å². The lowest BCUT2D eigenvalue weighted by Crippen LogP contribution is -2.42. The third-order valence-electron chi connectivity index (χ3n) is 5.73. The van der Waals surface area contributed by atoms with Crippen molar-refractivity contribution in [2.75, 3.05) is 31.6 Å². The molecule has 6 nitrogen and oxygen atoms in total. The molecule has 4 rings (SSSR count). The molecule has 28 heavy (non-hydrogen) atoms. The van der Waals surface area contributed by atoms with E-state index in [0.29, 0.717) is 31.0 Å². The van der Waals surface area contributed by atoms with Gasteiger partial charge in [-0.2, -0.15) is 0 Å². The smallest absolute Gasteiger partial charge is 0.257 e. The number of carbonyl (C=O) groups is 1. The van der Waals surface area contributed by atoms with Crippen LogP contribution in [0.5, 0.6) is 5.88 Å². The predicted molar refractivity (Wildman–Crippen MR) is 98.9 cm³/mol. The molecule has 0 atom stereocenters. The van der Waals surface area contributed by atoms with Crippen LogP contribution >= 0.6 is 0 Å². The van der Waals surface area contributed by atoms with E-state index in [1.165, 1.54) is 6.07 Å². The molecule has 0 aliphatic carbocycles. The van der Waals surface area contributed by atoms with Gasteiger partial charge in [0.2, 0.25) is 5.91 Å². The molecule has 8 heteroatoms. The van der Waals surface area contributed by atoms with Crippen molar-refractivity contribution in [2.45, 2.75) is 25.8 Å². The van der Waals surface area contributed by atoms with Gasteiger partial charge in [-0.1, -0.05) is 6.07 Å². The third-order valence-corrected chi connectivity index (χ3v) is 5.73. The van der Waals surface area contributed by atoms with Gasteiger partial charge in [0.05, 0.1) is 7.11 Å². The first-order chi connectivity index (χ1) is 13.5. The summed E-state index contributed by atoms with van der Waals surface area (Å²) in [5.74, 6) is -0.469. The van der Waals surface area contributed by atoms with Crippen LogP contribution in [0.25, 0.3) is 0 Å². The number of piperidine rings is 1. The SMILES string of the molecule is COc1nccnc1N1CCC2(CC1)CC(=O)N(Cc1ccc(F)c(F)c1)C2. The summed E-state index contributed by atoms with van der Waals surface area (Å²) in [6, 6.07) is 3.80. The van der Waals surface area contributed by atoms with Crippen molar-refractivity contribution >= 4 is 11.7 Å². The molecule has 2 saturated heterocycles. The molecule has 0 saturated carbocycles. The van der Waals surface area contributed by atoms with Gasteiger partial charge in [0.1, 0.15) is 0 Å². The number of benzene rings is 1. The number of aromatic nitrogens is 2. The highest BCUT2D eigenvalue weighted by Gasteiger charge is 2.45. The van der Waals surface area contributed by atoms with Gasteiger partial charge in [-0.3, -0.25) is 4.79 Å². The van der Waals surface area contributed by atoms with Crippen LogP contribution in [0.3, 0.4) is 0 Å². The number of rotatable bonds is 4. The molecule has 0 unspecified atom stereocenters. The van der Waals surface area contributed by atoms with Gasteiger partial charge in [0.15, 0.2) is 17.5 Å². The fourth-order valence-corrected chi connectivity index (χ4v) is 4.19. The van der Waals surface area contributed by atoms with Crippen LogP contribution in [0.15, 0.2) is 30.6 Å². The summed E-state index contributed by atoms with van der Waals surface area (Å²) in [7, 11) is 1.57. The van der Waals surface area contributed by atoms with Crippen molar-refractivity contribution in [3.8, 4) is 5.88 Å². The van der Waals surface area contributed by atoms with Crippen molar-refractivity contribution in [1.82, 2.24) is 14.9 Å². The lowest BCUT2D eigenvalue weighted by Gasteiger charge is -2.39. The van der Waals surface area contributed by atoms with Crippen molar-refractivity contribution in [2.24, 2.45) is 5.41 Å². The van der Waals surface area contributed by atoms with E-state index in [1.54, 1.807) is 24.4 Å². The molecular weight excluding hydrogens is 366 g/mol. The normalized spacial score (nSPS) is 18.8. The minimum atomic E-state index is -0.884. The van der Waals surface area contributed by atoms with Crippen LogP contribution in [0.1, 0.15) is 24.8 Å². The molecule has 1 aromatic carbocycles. The lowest BCUT2D eigenvalue weighted by atomic mass is 9.77. The molecule has 2 fully saturated rings. The Bertz CT molecular complexity index is 884. The topological polar surface area (TPSA) is 58.6 Å². The Kier molecular flexibility index (Phi) is 4.87. The van der Waals surface area contributed by atoms with Crippen LogP contribution < -0.4 is 9.64 Å². The Balaban J connectivity index is 1.42. The molecule has 1 aromatic heterocycles. The molecule has 148 valence electrons. The first-order valence-corrected chi connectivity index (χ1v) is 9.31. The van der Waals surface area contributed by atoms with E-state index >= 15 is 0 Å². The van der Waals surface area contributed by atoms with Gasteiger partial charge in [-0.15, -0.1) is 0 Å². The van der Waals surface area contributed by atoms with Gasteiger partial charge >= 0.3 is 0 Å². The van der Waals surface area contributed by atoms with Gasteiger partial charge in [0.25, 0.3) is 5.88 Å². The maximum atomic E-state index is 13.5. The molecule has 1 amide bonds. The second kappa shape index (κ2) is 7.33. The zero-order valence-corrected chi connectivity index (χ0v) is 15.7. The summed E-state index contributed by atoms with van der Waals surface area (Å²) in [5.41, 5.74) is 0.521. The molecule has 0 N–H and O–H groups in total. The Morgan fingerprint density at radius 1 is 1.14 bits per heavy atom. The molecule has 3 heterocycles. The molecule has 0 radical (unpaired) electrons. The van der Waals surface area contributed by atoms with E-state index in [0.717, 1.165) is 43.9 Å². The number of amides is 1. The second-order valence-corrected chi connectivity index (χ2v) is 7.55. The number of nitrogens with zero attached hydrogens (tertiary/aromatic N) is 4. The number of hydrogen-bond donors (Lipinski definition) is 0. The number of halogens is 2. The largest absolute Gasteiger partial charge is 0.478 e. The summed E-state index contributed by atoms with van der Waals surface area (Å²) in [6.07, 6.45) is 5.44. The highest BCUT2D eigenvalue weighted by Crippen LogP contribution is 2.42. The molecule has 2 aliphatic heterocycles. The summed E-state index contributed by atoms with van der Waals surface area (Å²) >= 11 is 0. The van der Waals surface area contributed by atoms with E-state index in [-0.39, 0.29) is 11.3 Å². The Hall–Kier alpha value is -2.77. The van der Waals surface area contributed by atoms with E-state index in [1.807, 2.05) is 0 Å². The highest BCUT2D eigenvalue weighted by molar-refractivity contribution is 5.79. The van der Waals surface area contributed by atoms with Crippen LogP contribution in [0.4, 0.5) is 14.6 Å². The Morgan fingerprint density at radius 3 is 2.61 bits per heavy atom. The fourth-order valence-electron chi connectivity index (χ4n) is 4.19. The average molecular weight is 388 g/mol. The molecule has 0 bridgehead atoms. The van der Waals surface area contributed by atoms with Gasteiger partial charge < -0.3 is 14.5 Å². The van der Waals surface area contributed by atoms with Gasteiger partial charge in [0, 0.05) is 50.4 Å². The number of ether oxygens (including phenoxy) is 1. The fraction of sp³-hybridized carbons (Fsp3) is 0.450. The average Bonchev–Trinajstić information content (AvgIpc) is 3.00. The number of likely N-dealkylation sites (tertiary alicyclic amines) is 1. The minimum absolute atomic E-state index is 0.0651. The quantitative estimate of drug-likeness (QED) is 0.806. The van der Waals surface area contributed by atoms with Crippen LogP contribution in [0.2, 0.25) is 0 Å². The predicted octanol–water partition coefficient (Wildman–Crippen LogP) is 2.78. The lowest BCUT2D eigenvalue weighted by molar-refractivity contribution is -0.128. The van der Waals surface area contributed by atoms with E-state index < -0.39 is 11.6 Å². The van der Waals surface area contributed by atoms with Crippen LogP contribution in [-0.4, -0.2) is 47.5 Å². The summed E-state index contributed by atoms with van der Waals surface area (Å²) in [5, 5.41) is 0.